The minimum Gasteiger partial charge on any atom is -0.545 e. The van der Waals surface area contributed by atoms with Crippen LogP contribution in [-0.4, -0.2) is 23.8 Å². The molecule has 0 saturated heterocycles. The number of hydrogen-bond donors (Lipinski definition) is 0. The number of carboxylic acid groups (broad SMARTS) is 2. The molecule has 0 spiro atoms. The molecule has 1 aliphatic heterocycles. The Balaban J connectivity index is 0.00000182. The number of terminal acetylenes is 1. The van der Waals surface area contributed by atoms with E-state index in [0.29, 0.717) is 10.5 Å². The number of anilines is 1. The second-order valence-corrected chi connectivity index (χ2v) is 5.19. The number of carboxylic acids is 2. The van der Waals surface area contributed by atoms with Gasteiger partial charge in [-0.2, -0.15) is 0 Å². The third kappa shape index (κ3) is 3.86. The van der Waals surface area contributed by atoms with E-state index in [0.717, 1.165) is 18.2 Å². The van der Waals surface area contributed by atoms with Gasteiger partial charge in [0.05, 0.1) is 28.8 Å². The van der Waals surface area contributed by atoms with Crippen LogP contribution in [0.25, 0.3) is 0 Å². The summed E-state index contributed by atoms with van der Waals surface area (Å²) in [4.78, 5) is 47.9. The summed E-state index contributed by atoms with van der Waals surface area (Å²) in [7, 11) is 0. The Morgan fingerprint density at radius 3 is 1.85 bits per heavy atom. The molecule has 2 aromatic carbocycles. The number of carbonyl (C=O) groups is 4. The van der Waals surface area contributed by atoms with Gasteiger partial charge in [0.15, 0.2) is 0 Å². The number of benzene rings is 2. The largest absolute Gasteiger partial charge is 1.00 e. The number of rotatable bonds is 3. The monoisotopic (exact) mass is 347 g/mol. The molecule has 1 heterocycles. The maximum Gasteiger partial charge on any atom is 1.00 e. The molecule has 0 radical (unpaired) electrons. The Bertz CT molecular complexity index is 993. The standard InChI is InChI=1S/C18H9NO6.2Li/c1-2-9-3-4-13-14(5-9)16(21)19(15(13)20)12-7-10(17(22)23)6-11(8-12)18(24)25;;/h1,3-8H,(H,22,23)(H,24,25);;/q;2*+1/p-2. The van der Waals surface area contributed by atoms with Crippen LogP contribution in [-0.2, 0) is 0 Å². The van der Waals surface area contributed by atoms with Crippen molar-refractivity contribution in [1.82, 2.24) is 0 Å². The first-order valence-corrected chi connectivity index (χ1v) is 6.90. The third-order valence-corrected chi connectivity index (χ3v) is 3.70. The van der Waals surface area contributed by atoms with Crippen molar-refractivity contribution in [2.45, 2.75) is 0 Å². The summed E-state index contributed by atoms with van der Waals surface area (Å²) in [6.07, 6.45) is 5.27. The number of fused-ring (bicyclic) bond motifs is 1. The van der Waals surface area contributed by atoms with Crippen LogP contribution in [0.15, 0.2) is 36.4 Å². The molecule has 1 aliphatic rings. The first-order chi connectivity index (χ1) is 11.8. The van der Waals surface area contributed by atoms with E-state index in [1.165, 1.54) is 18.2 Å². The van der Waals surface area contributed by atoms with Crippen molar-refractivity contribution in [3.63, 3.8) is 0 Å². The van der Waals surface area contributed by atoms with E-state index in [-0.39, 0.29) is 54.5 Å². The minimum absolute atomic E-state index is 0. The summed E-state index contributed by atoms with van der Waals surface area (Å²) < 4.78 is 0. The van der Waals surface area contributed by atoms with Crippen molar-refractivity contribution < 1.29 is 67.1 Å². The van der Waals surface area contributed by atoms with Crippen molar-refractivity contribution in [2.24, 2.45) is 0 Å². The van der Waals surface area contributed by atoms with Gasteiger partial charge in [-0.25, -0.2) is 4.90 Å². The molecule has 0 unspecified atom stereocenters. The van der Waals surface area contributed by atoms with Gasteiger partial charge in [-0.1, -0.05) is 5.92 Å². The Morgan fingerprint density at radius 1 is 0.852 bits per heavy atom. The summed E-state index contributed by atoms with van der Waals surface area (Å²) in [6.45, 7) is 0. The van der Waals surface area contributed by atoms with E-state index >= 15 is 0 Å². The van der Waals surface area contributed by atoms with Crippen LogP contribution in [0.1, 0.15) is 47.0 Å². The summed E-state index contributed by atoms with van der Waals surface area (Å²) >= 11 is 0. The second kappa shape index (κ2) is 8.31. The van der Waals surface area contributed by atoms with Gasteiger partial charge in [0.1, 0.15) is 0 Å². The predicted molar refractivity (Wildman–Crippen MR) is 80.6 cm³/mol. The van der Waals surface area contributed by atoms with Gasteiger partial charge < -0.3 is 19.8 Å². The number of carbonyl (C=O) groups excluding carboxylic acids is 4. The molecule has 0 saturated carbocycles. The van der Waals surface area contributed by atoms with Gasteiger partial charge in [0.2, 0.25) is 0 Å². The quantitative estimate of drug-likeness (QED) is 0.309. The van der Waals surface area contributed by atoms with Crippen molar-refractivity contribution in [3.05, 3.63) is 64.2 Å². The number of aromatic carboxylic acids is 2. The molecule has 0 aliphatic carbocycles. The maximum atomic E-state index is 12.5. The van der Waals surface area contributed by atoms with Crippen molar-refractivity contribution in [3.8, 4) is 12.3 Å². The topological polar surface area (TPSA) is 118 Å². The fraction of sp³-hybridized carbons (Fsp3) is 0. The van der Waals surface area contributed by atoms with Crippen LogP contribution in [0, 0.1) is 12.3 Å². The van der Waals surface area contributed by atoms with E-state index in [2.05, 4.69) is 5.92 Å². The number of nitrogens with zero attached hydrogens (tertiary/aromatic N) is 1. The Labute approximate surface area is 177 Å². The molecule has 7 nitrogen and oxygen atoms in total. The van der Waals surface area contributed by atoms with Gasteiger partial charge in [-0.05, 0) is 47.5 Å². The Hall–Kier alpha value is -2.73. The van der Waals surface area contributed by atoms with Crippen molar-refractivity contribution >= 4 is 29.4 Å². The Kier molecular flexibility index (Phi) is 6.87. The molecule has 0 bridgehead atoms. The Morgan fingerprint density at radius 2 is 1.37 bits per heavy atom. The zero-order valence-electron chi connectivity index (χ0n) is 14.4. The first kappa shape index (κ1) is 22.3. The average molecular weight is 347 g/mol. The van der Waals surface area contributed by atoms with Crippen LogP contribution in [0.5, 0.6) is 0 Å². The SMILES string of the molecule is C#Cc1ccc2c(c1)C(=O)N(c1cc(C(=O)[O-])cc(C(=O)[O-])c1)C2=O.[Li+].[Li+]. The molecule has 0 aromatic heterocycles. The molecule has 0 fully saturated rings. The van der Waals surface area contributed by atoms with Crippen LogP contribution in [0.4, 0.5) is 5.69 Å². The molecular weight excluding hydrogens is 340 g/mol. The smallest absolute Gasteiger partial charge is 0.545 e. The molecule has 9 heteroatoms. The normalized spacial score (nSPS) is 11.7. The van der Waals surface area contributed by atoms with Gasteiger partial charge in [-0.15, -0.1) is 6.42 Å². The number of imide groups is 1. The molecule has 2 aromatic rings. The van der Waals surface area contributed by atoms with Gasteiger partial charge in [-0.3, -0.25) is 9.59 Å². The molecule has 27 heavy (non-hydrogen) atoms. The fourth-order valence-corrected chi connectivity index (χ4v) is 2.54. The van der Waals surface area contributed by atoms with E-state index < -0.39 is 34.9 Å². The molecule has 3 rings (SSSR count). The van der Waals surface area contributed by atoms with E-state index in [1.807, 2.05) is 0 Å². The molecule has 0 atom stereocenters. The van der Waals surface area contributed by atoms with Gasteiger partial charge in [0.25, 0.3) is 11.8 Å². The van der Waals surface area contributed by atoms with Crippen LogP contribution < -0.4 is 52.8 Å². The van der Waals surface area contributed by atoms with Crippen molar-refractivity contribution in [2.75, 3.05) is 4.90 Å². The molecule has 0 N–H and O–H groups in total. The number of hydrogen-bond acceptors (Lipinski definition) is 6. The summed E-state index contributed by atoms with van der Waals surface area (Å²) in [5.74, 6) is -2.43. The third-order valence-electron chi connectivity index (χ3n) is 3.70. The van der Waals surface area contributed by atoms with E-state index in [1.54, 1.807) is 0 Å². The molecule has 122 valence electrons. The minimum atomic E-state index is -1.66. The maximum absolute atomic E-state index is 12.5. The van der Waals surface area contributed by atoms with E-state index in [9.17, 15) is 29.4 Å². The van der Waals surface area contributed by atoms with Crippen LogP contribution in [0.2, 0.25) is 0 Å². The van der Waals surface area contributed by atoms with E-state index in [4.69, 9.17) is 6.42 Å². The second-order valence-electron chi connectivity index (χ2n) is 5.19. The average Bonchev–Trinajstić information content (AvgIpc) is 2.84. The fourth-order valence-electron chi connectivity index (χ4n) is 2.54. The zero-order valence-corrected chi connectivity index (χ0v) is 14.4. The summed E-state index contributed by atoms with van der Waals surface area (Å²) in [6, 6.07) is 7.00. The summed E-state index contributed by atoms with van der Waals surface area (Å²) in [5.41, 5.74) is -0.697. The summed E-state index contributed by atoms with van der Waals surface area (Å²) in [5, 5.41) is 22.1. The van der Waals surface area contributed by atoms with Crippen LogP contribution >= 0.6 is 0 Å². The first-order valence-electron chi connectivity index (χ1n) is 6.90. The van der Waals surface area contributed by atoms with Crippen LogP contribution in [0.3, 0.4) is 0 Å². The molecular formula is C18H7Li2NO6. The van der Waals surface area contributed by atoms with Crippen molar-refractivity contribution in [1.29, 1.82) is 0 Å². The van der Waals surface area contributed by atoms with Gasteiger partial charge in [0, 0.05) is 5.56 Å². The molecule has 2 amide bonds. The predicted octanol–water partition coefficient (Wildman–Crippen LogP) is -6.80. The number of amides is 2. The van der Waals surface area contributed by atoms with Gasteiger partial charge >= 0.3 is 37.7 Å². The zero-order chi connectivity index (χ0) is 18.3.